The van der Waals surface area contributed by atoms with Gasteiger partial charge in [0.25, 0.3) is 0 Å². The number of benzene rings is 3. The minimum Gasteiger partial charge on any atom is -0.399 e. The summed E-state index contributed by atoms with van der Waals surface area (Å²) in [6.07, 6.45) is 0. The van der Waals surface area contributed by atoms with E-state index in [1.807, 2.05) is 61.5 Å². The Morgan fingerprint density at radius 1 is 0.909 bits per heavy atom. The summed E-state index contributed by atoms with van der Waals surface area (Å²) in [6, 6.07) is 18.9. The fourth-order valence-corrected chi connectivity index (χ4v) is 2.38. The lowest BCUT2D eigenvalue weighted by molar-refractivity contribution is 0.262. The number of nitrogens with two attached hydrogens (primary N) is 1. The molecule has 0 saturated carbocycles. The maximum Gasteiger partial charge on any atom is 0.323 e. The second kappa shape index (κ2) is 5.77. The molecule has 4 nitrogen and oxygen atoms in total. The lowest BCUT2D eigenvalue weighted by atomic mass is 10.1. The van der Waals surface area contributed by atoms with Crippen LogP contribution in [0.1, 0.15) is 5.56 Å². The van der Waals surface area contributed by atoms with Gasteiger partial charge in [0.2, 0.25) is 0 Å². The molecule has 0 unspecified atom stereocenters. The van der Waals surface area contributed by atoms with Crippen molar-refractivity contribution in [2.24, 2.45) is 0 Å². The second-order valence-electron chi connectivity index (χ2n) is 5.18. The number of hydrogen-bond donors (Lipinski definition) is 3. The number of nitrogens with one attached hydrogen (secondary N) is 2. The normalized spacial score (nSPS) is 10.4. The molecule has 3 aromatic rings. The van der Waals surface area contributed by atoms with E-state index >= 15 is 0 Å². The van der Waals surface area contributed by atoms with Crippen molar-refractivity contribution in [2.75, 3.05) is 16.4 Å². The first-order chi connectivity index (χ1) is 10.6. The van der Waals surface area contributed by atoms with Gasteiger partial charge in [-0.25, -0.2) is 4.79 Å². The first-order valence-corrected chi connectivity index (χ1v) is 7.05. The van der Waals surface area contributed by atoms with Crippen LogP contribution in [-0.2, 0) is 0 Å². The van der Waals surface area contributed by atoms with Crippen LogP contribution in [0, 0.1) is 6.92 Å². The number of carbonyl (C=O) groups excluding carboxylic acids is 1. The summed E-state index contributed by atoms with van der Waals surface area (Å²) in [4.78, 5) is 12.2. The van der Waals surface area contributed by atoms with Crippen LogP contribution in [0.25, 0.3) is 10.8 Å². The van der Waals surface area contributed by atoms with Crippen LogP contribution in [0.5, 0.6) is 0 Å². The Morgan fingerprint density at radius 3 is 2.50 bits per heavy atom. The molecule has 110 valence electrons. The second-order valence-corrected chi connectivity index (χ2v) is 5.18. The van der Waals surface area contributed by atoms with Gasteiger partial charge < -0.3 is 16.4 Å². The van der Waals surface area contributed by atoms with Crippen molar-refractivity contribution in [3.63, 3.8) is 0 Å². The van der Waals surface area contributed by atoms with Crippen LogP contribution in [-0.4, -0.2) is 6.03 Å². The largest absolute Gasteiger partial charge is 0.399 e. The minimum atomic E-state index is -0.287. The van der Waals surface area contributed by atoms with Crippen molar-refractivity contribution < 1.29 is 4.79 Å². The highest BCUT2D eigenvalue weighted by molar-refractivity contribution is 6.06. The van der Waals surface area contributed by atoms with Gasteiger partial charge in [-0.1, -0.05) is 42.5 Å². The van der Waals surface area contributed by atoms with Crippen LogP contribution < -0.4 is 16.4 Å². The Bertz CT molecular complexity index is 837. The number of hydrogen-bond acceptors (Lipinski definition) is 2. The van der Waals surface area contributed by atoms with E-state index in [9.17, 15) is 4.79 Å². The Hall–Kier alpha value is -3.01. The van der Waals surface area contributed by atoms with Crippen LogP contribution >= 0.6 is 0 Å². The summed E-state index contributed by atoms with van der Waals surface area (Å²) in [5.41, 5.74) is 8.82. The molecule has 4 N–H and O–H groups in total. The molecule has 0 heterocycles. The highest BCUT2D eigenvalue weighted by Crippen LogP contribution is 2.24. The molecule has 0 aliphatic rings. The van der Waals surface area contributed by atoms with Crippen molar-refractivity contribution in [1.29, 1.82) is 0 Å². The standard InChI is InChI=1S/C18H17N3O/c1-12-9-10-14(19)11-17(12)21-18(22)20-16-8-4-6-13-5-2-3-7-15(13)16/h2-11H,19H2,1H3,(H2,20,21,22). The van der Waals surface area contributed by atoms with Gasteiger partial charge in [0.15, 0.2) is 0 Å². The number of fused-ring (bicyclic) bond motifs is 1. The Labute approximate surface area is 129 Å². The molecular formula is C18H17N3O. The van der Waals surface area contributed by atoms with Crippen molar-refractivity contribution in [2.45, 2.75) is 6.92 Å². The summed E-state index contributed by atoms with van der Waals surface area (Å²) in [5.74, 6) is 0. The maximum absolute atomic E-state index is 12.2. The number of amides is 2. The van der Waals surface area contributed by atoms with Crippen LogP contribution in [0.2, 0.25) is 0 Å². The van der Waals surface area contributed by atoms with E-state index in [4.69, 9.17) is 5.73 Å². The zero-order chi connectivity index (χ0) is 15.5. The predicted molar refractivity (Wildman–Crippen MR) is 92.2 cm³/mol. The highest BCUT2D eigenvalue weighted by atomic mass is 16.2. The zero-order valence-electron chi connectivity index (χ0n) is 12.3. The zero-order valence-corrected chi connectivity index (χ0v) is 12.3. The molecular weight excluding hydrogens is 274 g/mol. The third-order valence-corrected chi connectivity index (χ3v) is 3.55. The van der Waals surface area contributed by atoms with E-state index < -0.39 is 0 Å². The predicted octanol–water partition coefficient (Wildman–Crippen LogP) is 4.37. The molecule has 0 aliphatic heterocycles. The van der Waals surface area contributed by atoms with Crippen LogP contribution in [0.4, 0.5) is 21.9 Å². The van der Waals surface area contributed by atoms with Crippen molar-refractivity contribution in [3.05, 3.63) is 66.2 Å². The summed E-state index contributed by atoms with van der Waals surface area (Å²) < 4.78 is 0. The van der Waals surface area contributed by atoms with Gasteiger partial charge in [-0.2, -0.15) is 0 Å². The molecule has 0 fully saturated rings. The van der Waals surface area contributed by atoms with Gasteiger partial charge in [0.05, 0.1) is 5.69 Å². The third kappa shape index (κ3) is 2.86. The number of carbonyl (C=O) groups is 1. The molecule has 22 heavy (non-hydrogen) atoms. The molecule has 0 bridgehead atoms. The lowest BCUT2D eigenvalue weighted by Crippen LogP contribution is -2.20. The third-order valence-electron chi connectivity index (χ3n) is 3.55. The van der Waals surface area contributed by atoms with Crippen molar-refractivity contribution in [3.8, 4) is 0 Å². The molecule has 4 heteroatoms. The Kier molecular flexibility index (Phi) is 3.66. The number of anilines is 3. The fraction of sp³-hybridized carbons (Fsp3) is 0.0556. The van der Waals surface area contributed by atoms with Gasteiger partial charge in [-0.15, -0.1) is 0 Å². The molecule has 0 aromatic heterocycles. The topological polar surface area (TPSA) is 67.1 Å². The van der Waals surface area contributed by atoms with E-state index in [2.05, 4.69) is 10.6 Å². The maximum atomic E-state index is 12.2. The van der Waals surface area contributed by atoms with Crippen molar-refractivity contribution >= 4 is 33.9 Å². The highest BCUT2D eigenvalue weighted by Gasteiger charge is 2.07. The molecule has 0 radical (unpaired) electrons. The molecule has 0 spiro atoms. The number of urea groups is 1. The average molecular weight is 291 g/mol. The van der Waals surface area contributed by atoms with E-state index in [1.165, 1.54) is 0 Å². The lowest BCUT2D eigenvalue weighted by Gasteiger charge is -2.12. The minimum absolute atomic E-state index is 0.287. The summed E-state index contributed by atoms with van der Waals surface area (Å²) in [5, 5.41) is 7.81. The first kappa shape index (κ1) is 13.9. The smallest absolute Gasteiger partial charge is 0.323 e. The Balaban J connectivity index is 1.83. The van der Waals surface area contributed by atoms with E-state index in [0.29, 0.717) is 11.4 Å². The van der Waals surface area contributed by atoms with Crippen molar-refractivity contribution in [1.82, 2.24) is 0 Å². The van der Waals surface area contributed by atoms with Crippen LogP contribution in [0.3, 0.4) is 0 Å². The fourth-order valence-electron chi connectivity index (χ4n) is 2.38. The van der Waals surface area contributed by atoms with Crippen LogP contribution in [0.15, 0.2) is 60.7 Å². The SMILES string of the molecule is Cc1ccc(N)cc1NC(=O)Nc1cccc2ccccc12. The summed E-state index contributed by atoms with van der Waals surface area (Å²) in [7, 11) is 0. The average Bonchev–Trinajstić information content (AvgIpc) is 2.51. The van der Waals surface area contributed by atoms with Gasteiger partial charge in [-0.05, 0) is 36.1 Å². The quantitative estimate of drug-likeness (QED) is 0.613. The first-order valence-electron chi connectivity index (χ1n) is 7.05. The van der Waals surface area contributed by atoms with Gasteiger partial charge in [0.1, 0.15) is 0 Å². The summed E-state index contributed by atoms with van der Waals surface area (Å²) in [6.45, 7) is 1.92. The molecule has 0 saturated heterocycles. The van der Waals surface area contributed by atoms with Gasteiger partial charge in [-0.3, -0.25) is 0 Å². The summed E-state index contributed by atoms with van der Waals surface area (Å²) >= 11 is 0. The molecule has 0 aliphatic carbocycles. The molecule has 0 atom stereocenters. The number of nitrogen functional groups attached to an aromatic ring is 1. The van der Waals surface area contributed by atoms with Gasteiger partial charge >= 0.3 is 6.03 Å². The van der Waals surface area contributed by atoms with E-state index in [1.54, 1.807) is 6.07 Å². The Morgan fingerprint density at radius 2 is 1.64 bits per heavy atom. The monoisotopic (exact) mass is 291 g/mol. The van der Waals surface area contributed by atoms with E-state index in [0.717, 1.165) is 22.0 Å². The van der Waals surface area contributed by atoms with Gasteiger partial charge in [0, 0.05) is 16.8 Å². The molecule has 3 rings (SSSR count). The number of rotatable bonds is 2. The number of aryl methyl sites for hydroxylation is 1. The molecule has 2 amide bonds. The molecule has 3 aromatic carbocycles. The van der Waals surface area contributed by atoms with E-state index in [-0.39, 0.29) is 6.03 Å².